The minimum absolute atomic E-state index is 0.0250. The summed E-state index contributed by atoms with van der Waals surface area (Å²) < 4.78 is 17.3. The molecule has 2 rings (SSSR count). The Balaban J connectivity index is 2.41. The minimum Gasteiger partial charge on any atom is -0.453 e. The van der Waals surface area contributed by atoms with Gasteiger partial charge in [0.15, 0.2) is 5.76 Å². The lowest BCUT2D eigenvalue weighted by Gasteiger charge is -2.19. The number of unbranched alkanes of at least 4 members (excludes halogenated alkanes) is 1. The van der Waals surface area contributed by atoms with Crippen molar-refractivity contribution in [1.29, 1.82) is 5.26 Å². The SMILES string of the molecule is CCCCOC(=O)OCO/C(=C(/C#N)c1ccc(C(C)(C)C)cc1)c1c(Cl)c(C)nn1C. The minimum atomic E-state index is -0.835. The molecule has 0 spiro atoms. The van der Waals surface area contributed by atoms with Crippen LogP contribution in [0.5, 0.6) is 0 Å². The van der Waals surface area contributed by atoms with Crippen molar-refractivity contribution in [3.05, 3.63) is 51.8 Å². The molecule has 0 N–H and O–H groups in total. The van der Waals surface area contributed by atoms with Gasteiger partial charge < -0.3 is 14.2 Å². The second-order valence-corrected chi connectivity index (χ2v) is 8.75. The number of hydrogen-bond donors (Lipinski definition) is 0. The van der Waals surface area contributed by atoms with Gasteiger partial charge in [-0.2, -0.15) is 10.4 Å². The predicted molar refractivity (Wildman–Crippen MR) is 124 cm³/mol. The first-order chi connectivity index (χ1) is 15.1. The number of allylic oxidation sites excluding steroid dienone is 1. The molecule has 1 heterocycles. The molecular weight excluding hydrogens is 430 g/mol. The van der Waals surface area contributed by atoms with Crippen molar-refractivity contribution in [3.8, 4) is 6.07 Å². The van der Waals surface area contributed by atoms with E-state index in [0.29, 0.717) is 22.0 Å². The standard InChI is InChI=1S/C24H30ClN3O4/c1-7-8-13-30-23(29)32-15-31-22(21-20(25)16(2)27-28(21)6)19(14-26)17-9-11-18(12-10-17)24(3,4)5/h9-12H,7-8,13,15H2,1-6H3/b22-19-. The molecule has 0 unspecified atom stereocenters. The highest BCUT2D eigenvalue weighted by Gasteiger charge is 2.23. The number of benzene rings is 1. The maximum Gasteiger partial charge on any atom is 0.511 e. The summed E-state index contributed by atoms with van der Waals surface area (Å²) in [7, 11) is 1.70. The number of aromatic nitrogens is 2. The molecule has 8 heteroatoms. The quantitative estimate of drug-likeness (QED) is 0.158. The van der Waals surface area contributed by atoms with Gasteiger partial charge in [0, 0.05) is 7.05 Å². The zero-order valence-corrected chi connectivity index (χ0v) is 20.2. The maximum absolute atomic E-state index is 11.8. The van der Waals surface area contributed by atoms with Crippen molar-refractivity contribution >= 4 is 29.1 Å². The monoisotopic (exact) mass is 459 g/mol. The lowest BCUT2D eigenvalue weighted by Crippen LogP contribution is -2.13. The van der Waals surface area contributed by atoms with E-state index in [-0.39, 0.29) is 23.4 Å². The Morgan fingerprint density at radius 1 is 1.19 bits per heavy atom. The van der Waals surface area contributed by atoms with E-state index in [4.69, 9.17) is 25.8 Å². The summed E-state index contributed by atoms with van der Waals surface area (Å²) in [5.74, 6) is 0.172. The average Bonchev–Trinajstić information content (AvgIpc) is 2.98. The molecule has 7 nitrogen and oxygen atoms in total. The van der Waals surface area contributed by atoms with Gasteiger partial charge in [0.25, 0.3) is 0 Å². The van der Waals surface area contributed by atoms with E-state index in [1.807, 2.05) is 31.2 Å². The number of ether oxygens (including phenoxy) is 3. The Morgan fingerprint density at radius 3 is 2.34 bits per heavy atom. The van der Waals surface area contributed by atoms with E-state index in [2.05, 4.69) is 31.9 Å². The number of carbonyl (C=O) groups excluding carboxylic acids is 1. The average molecular weight is 460 g/mol. The molecule has 0 radical (unpaired) electrons. The van der Waals surface area contributed by atoms with Crippen LogP contribution in [0.3, 0.4) is 0 Å². The molecule has 0 amide bonds. The third-order valence-corrected chi connectivity index (χ3v) is 5.29. The van der Waals surface area contributed by atoms with E-state index in [0.717, 1.165) is 18.4 Å². The summed E-state index contributed by atoms with van der Waals surface area (Å²) in [4.78, 5) is 11.8. The zero-order chi connectivity index (χ0) is 23.9. The van der Waals surface area contributed by atoms with Gasteiger partial charge in [-0.1, -0.05) is 70.0 Å². The van der Waals surface area contributed by atoms with E-state index in [1.165, 1.54) is 4.68 Å². The summed E-state index contributed by atoms with van der Waals surface area (Å²) in [6.07, 6.45) is 0.806. The second-order valence-electron chi connectivity index (χ2n) is 8.37. The van der Waals surface area contributed by atoms with Crippen LogP contribution in [0.2, 0.25) is 5.02 Å². The molecule has 0 aliphatic heterocycles. The highest BCUT2D eigenvalue weighted by Crippen LogP contribution is 2.34. The van der Waals surface area contributed by atoms with Crippen molar-refractivity contribution in [2.45, 2.75) is 52.9 Å². The molecule has 2 aromatic rings. The van der Waals surface area contributed by atoms with Crippen LogP contribution < -0.4 is 0 Å². The Hall–Kier alpha value is -2.98. The third-order valence-electron chi connectivity index (χ3n) is 4.84. The van der Waals surface area contributed by atoms with Gasteiger partial charge in [-0.05, 0) is 29.9 Å². The van der Waals surface area contributed by atoms with Crippen molar-refractivity contribution in [2.75, 3.05) is 13.4 Å². The van der Waals surface area contributed by atoms with Gasteiger partial charge in [-0.3, -0.25) is 4.68 Å². The fourth-order valence-electron chi connectivity index (χ4n) is 3.00. The number of aryl methyl sites for hydroxylation is 2. The van der Waals surface area contributed by atoms with Crippen LogP contribution in [0.25, 0.3) is 11.3 Å². The first-order valence-electron chi connectivity index (χ1n) is 10.5. The number of hydrogen-bond acceptors (Lipinski definition) is 6. The van der Waals surface area contributed by atoms with Crippen molar-refractivity contribution in [2.24, 2.45) is 7.05 Å². The van der Waals surface area contributed by atoms with Crippen LogP contribution in [-0.2, 0) is 26.7 Å². The number of carbonyl (C=O) groups is 1. The first-order valence-corrected chi connectivity index (χ1v) is 10.8. The van der Waals surface area contributed by atoms with Crippen LogP contribution >= 0.6 is 11.6 Å². The summed E-state index contributed by atoms with van der Waals surface area (Å²) in [5.41, 5.74) is 3.01. The van der Waals surface area contributed by atoms with E-state index < -0.39 is 12.9 Å². The fourth-order valence-corrected chi connectivity index (χ4v) is 3.25. The molecule has 0 bridgehead atoms. The third kappa shape index (κ3) is 6.27. The second kappa shape index (κ2) is 11.1. The number of nitrogens with zero attached hydrogens (tertiary/aromatic N) is 3. The zero-order valence-electron chi connectivity index (χ0n) is 19.5. The Kier molecular flexibility index (Phi) is 8.73. The highest BCUT2D eigenvalue weighted by atomic mass is 35.5. The Labute approximate surface area is 194 Å². The van der Waals surface area contributed by atoms with Gasteiger partial charge in [-0.15, -0.1) is 0 Å². The molecule has 0 saturated heterocycles. The summed E-state index contributed by atoms with van der Waals surface area (Å²) in [6, 6.07) is 9.87. The maximum atomic E-state index is 11.8. The molecule has 0 fully saturated rings. The Morgan fingerprint density at radius 2 is 1.84 bits per heavy atom. The molecule has 0 aliphatic carbocycles. The predicted octanol–water partition coefficient (Wildman–Crippen LogP) is 6.00. The summed E-state index contributed by atoms with van der Waals surface area (Å²) >= 11 is 6.47. The van der Waals surface area contributed by atoms with Gasteiger partial charge in [-0.25, -0.2) is 4.79 Å². The molecule has 1 aromatic heterocycles. The van der Waals surface area contributed by atoms with E-state index in [9.17, 15) is 10.1 Å². The van der Waals surface area contributed by atoms with Gasteiger partial charge in [0.05, 0.1) is 17.3 Å². The van der Waals surface area contributed by atoms with Crippen LogP contribution in [-0.4, -0.2) is 29.3 Å². The lowest BCUT2D eigenvalue weighted by molar-refractivity contribution is -0.00599. The van der Waals surface area contributed by atoms with Gasteiger partial charge in [0.2, 0.25) is 6.79 Å². The van der Waals surface area contributed by atoms with E-state index in [1.54, 1.807) is 14.0 Å². The molecule has 32 heavy (non-hydrogen) atoms. The molecule has 172 valence electrons. The summed E-state index contributed by atoms with van der Waals surface area (Å²) in [5, 5.41) is 14.7. The first kappa shape index (κ1) is 25.3. The van der Waals surface area contributed by atoms with Gasteiger partial charge in [0.1, 0.15) is 17.3 Å². The van der Waals surface area contributed by atoms with Crippen molar-refractivity contribution in [1.82, 2.24) is 9.78 Å². The summed E-state index contributed by atoms with van der Waals surface area (Å²) in [6.45, 7) is 9.94. The fraction of sp³-hybridized carbons (Fsp3) is 0.458. The number of nitriles is 1. The van der Waals surface area contributed by atoms with E-state index >= 15 is 0 Å². The number of rotatable bonds is 8. The van der Waals surface area contributed by atoms with Crippen LogP contribution in [0, 0.1) is 18.3 Å². The number of halogens is 1. The van der Waals surface area contributed by atoms with Crippen molar-refractivity contribution in [3.63, 3.8) is 0 Å². The van der Waals surface area contributed by atoms with Crippen molar-refractivity contribution < 1.29 is 19.0 Å². The largest absolute Gasteiger partial charge is 0.511 e. The Bertz CT molecular complexity index is 1010. The topological polar surface area (TPSA) is 86.4 Å². The van der Waals surface area contributed by atoms with Crippen LogP contribution in [0.1, 0.15) is 63.1 Å². The normalized spacial score (nSPS) is 12.1. The van der Waals surface area contributed by atoms with Crippen LogP contribution in [0.15, 0.2) is 24.3 Å². The molecular formula is C24H30ClN3O4. The molecule has 0 saturated carbocycles. The molecule has 0 atom stereocenters. The highest BCUT2D eigenvalue weighted by molar-refractivity contribution is 6.33. The molecule has 1 aromatic carbocycles. The smallest absolute Gasteiger partial charge is 0.453 e. The lowest BCUT2D eigenvalue weighted by atomic mass is 9.86. The van der Waals surface area contributed by atoms with Crippen LogP contribution in [0.4, 0.5) is 4.79 Å². The molecule has 0 aliphatic rings. The van der Waals surface area contributed by atoms with Gasteiger partial charge >= 0.3 is 6.16 Å².